The highest BCUT2D eigenvalue weighted by Gasteiger charge is 2.05. The number of halogens is 2. The minimum absolute atomic E-state index is 0.0577. The lowest BCUT2D eigenvalue weighted by Crippen LogP contribution is -2.01. The Kier molecular flexibility index (Phi) is 3.70. The Morgan fingerprint density at radius 3 is 2.62 bits per heavy atom. The van der Waals surface area contributed by atoms with E-state index in [1.165, 1.54) is 0 Å². The molecule has 0 atom stereocenters. The molecule has 1 aromatic heterocycles. The maximum Gasteiger partial charge on any atom is 0.232 e. The molecule has 0 bridgehead atoms. The van der Waals surface area contributed by atoms with E-state index < -0.39 is 9.05 Å². The van der Waals surface area contributed by atoms with Crippen molar-refractivity contribution in [1.29, 1.82) is 0 Å². The van der Waals surface area contributed by atoms with Crippen LogP contribution < -0.4 is 0 Å². The van der Waals surface area contributed by atoms with E-state index in [2.05, 4.69) is 20.9 Å². The van der Waals surface area contributed by atoms with Crippen LogP contribution in [0.4, 0.5) is 0 Å². The predicted molar refractivity (Wildman–Crippen MR) is 55.3 cm³/mol. The highest BCUT2D eigenvalue weighted by molar-refractivity contribution is 9.10. The summed E-state index contributed by atoms with van der Waals surface area (Å²) in [6.07, 6.45) is 2.01. The van der Waals surface area contributed by atoms with Crippen molar-refractivity contribution >= 4 is 35.7 Å². The molecule has 0 aromatic carbocycles. The summed E-state index contributed by atoms with van der Waals surface area (Å²) < 4.78 is 21.9. The van der Waals surface area contributed by atoms with Gasteiger partial charge in [-0.05, 0) is 34.0 Å². The van der Waals surface area contributed by atoms with Crippen LogP contribution in [0.2, 0.25) is 0 Å². The van der Waals surface area contributed by atoms with Crippen LogP contribution in [-0.4, -0.2) is 19.2 Å². The number of aryl methyl sites for hydroxylation is 1. The van der Waals surface area contributed by atoms with E-state index in [0.717, 1.165) is 10.2 Å². The van der Waals surface area contributed by atoms with Crippen LogP contribution in [0.3, 0.4) is 0 Å². The molecule has 0 radical (unpaired) electrons. The van der Waals surface area contributed by atoms with Crippen molar-refractivity contribution in [3.05, 3.63) is 28.5 Å². The van der Waals surface area contributed by atoms with E-state index >= 15 is 0 Å². The van der Waals surface area contributed by atoms with Gasteiger partial charge in [0.25, 0.3) is 0 Å². The van der Waals surface area contributed by atoms with Gasteiger partial charge >= 0.3 is 0 Å². The number of nitrogens with zero attached hydrogens (tertiary/aromatic N) is 1. The number of pyridine rings is 1. The third kappa shape index (κ3) is 4.59. The van der Waals surface area contributed by atoms with Gasteiger partial charge in [0.15, 0.2) is 0 Å². The molecule has 0 saturated carbocycles. The first-order chi connectivity index (χ1) is 5.97. The molecule has 13 heavy (non-hydrogen) atoms. The van der Waals surface area contributed by atoms with Crippen molar-refractivity contribution in [2.24, 2.45) is 0 Å². The van der Waals surface area contributed by atoms with Gasteiger partial charge in [0.05, 0.1) is 5.75 Å². The summed E-state index contributed by atoms with van der Waals surface area (Å²) >= 11 is 3.18. The lowest BCUT2D eigenvalue weighted by molar-refractivity contribution is 0.609. The van der Waals surface area contributed by atoms with Gasteiger partial charge in [-0.2, -0.15) is 0 Å². The van der Waals surface area contributed by atoms with Gasteiger partial charge in [-0.15, -0.1) is 0 Å². The van der Waals surface area contributed by atoms with E-state index in [4.69, 9.17) is 10.7 Å². The Morgan fingerprint density at radius 2 is 2.15 bits per heavy atom. The topological polar surface area (TPSA) is 47.0 Å². The van der Waals surface area contributed by atoms with Gasteiger partial charge < -0.3 is 0 Å². The summed E-state index contributed by atoms with van der Waals surface area (Å²) in [6.45, 7) is 0. The Hall–Kier alpha value is -0.130. The molecule has 0 aliphatic heterocycles. The van der Waals surface area contributed by atoms with Crippen LogP contribution in [0.1, 0.15) is 5.56 Å². The normalized spacial score (nSPS) is 11.5. The Balaban J connectivity index is 2.61. The summed E-state index contributed by atoms with van der Waals surface area (Å²) in [5.41, 5.74) is 0.854. The monoisotopic (exact) mass is 283 g/mol. The second-order valence-corrected chi connectivity index (χ2v) is 6.19. The fraction of sp³-hybridized carbons (Fsp3) is 0.286. The van der Waals surface area contributed by atoms with E-state index in [1.54, 1.807) is 18.3 Å². The molecule has 3 nitrogen and oxygen atoms in total. The maximum atomic E-state index is 10.6. The van der Waals surface area contributed by atoms with Crippen LogP contribution in [0.25, 0.3) is 0 Å². The first-order valence-electron chi connectivity index (χ1n) is 3.50. The number of aromatic nitrogens is 1. The molecular formula is C7H7BrClNO2S. The van der Waals surface area contributed by atoms with Crippen LogP contribution in [0, 0.1) is 0 Å². The fourth-order valence-electron chi connectivity index (χ4n) is 0.794. The highest BCUT2D eigenvalue weighted by Crippen LogP contribution is 2.08. The lowest BCUT2D eigenvalue weighted by atomic mass is 10.2. The average Bonchev–Trinajstić information content (AvgIpc) is 2.02. The molecule has 0 fully saturated rings. The van der Waals surface area contributed by atoms with Gasteiger partial charge in [0, 0.05) is 16.9 Å². The minimum Gasteiger partial charge on any atom is -0.249 e. The van der Waals surface area contributed by atoms with Crippen LogP contribution in [-0.2, 0) is 15.5 Å². The summed E-state index contributed by atoms with van der Waals surface area (Å²) in [5.74, 6) is -0.0577. The highest BCUT2D eigenvalue weighted by atomic mass is 79.9. The van der Waals surface area contributed by atoms with Crippen molar-refractivity contribution in [3.63, 3.8) is 0 Å². The zero-order valence-electron chi connectivity index (χ0n) is 6.57. The van der Waals surface area contributed by atoms with E-state index in [9.17, 15) is 8.42 Å². The molecule has 72 valence electrons. The number of hydrogen-bond acceptors (Lipinski definition) is 3. The molecule has 0 aliphatic rings. The molecule has 0 aliphatic carbocycles. The molecule has 0 saturated heterocycles. The van der Waals surface area contributed by atoms with Crippen LogP contribution in [0.15, 0.2) is 22.9 Å². The zero-order chi connectivity index (χ0) is 9.90. The van der Waals surface area contributed by atoms with Gasteiger partial charge in [-0.25, -0.2) is 13.4 Å². The smallest absolute Gasteiger partial charge is 0.232 e. The second-order valence-electron chi connectivity index (χ2n) is 2.48. The third-order valence-electron chi connectivity index (χ3n) is 1.42. The molecule has 6 heteroatoms. The van der Waals surface area contributed by atoms with E-state index in [1.807, 2.05) is 0 Å². The van der Waals surface area contributed by atoms with Gasteiger partial charge in [-0.1, -0.05) is 6.07 Å². The number of rotatable bonds is 3. The summed E-state index contributed by atoms with van der Waals surface area (Å²) in [7, 11) is 1.66. The van der Waals surface area contributed by atoms with Crippen molar-refractivity contribution in [2.75, 3.05) is 5.75 Å². The molecule has 0 spiro atoms. The summed E-state index contributed by atoms with van der Waals surface area (Å²) in [6, 6.07) is 3.56. The zero-order valence-corrected chi connectivity index (χ0v) is 9.73. The van der Waals surface area contributed by atoms with Crippen LogP contribution in [0.5, 0.6) is 0 Å². The van der Waals surface area contributed by atoms with Crippen molar-refractivity contribution in [1.82, 2.24) is 4.98 Å². The molecule has 1 rings (SSSR count). The SMILES string of the molecule is O=S(=O)(Cl)CCc1ccc(Br)nc1. The van der Waals surface area contributed by atoms with E-state index in [-0.39, 0.29) is 5.75 Å². The molecule has 0 N–H and O–H groups in total. The van der Waals surface area contributed by atoms with Crippen LogP contribution >= 0.6 is 26.6 Å². The Bertz CT molecular complexity index is 376. The third-order valence-corrected chi connectivity index (χ3v) is 3.05. The second kappa shape index (κ2) is 4.39. The maximum absolute atomic E-state index is 10.6. The van der Waals surface area contributed by atoms with Crippen molar-refractivity contribution in [3.8, 4) is 0 Å². The van der Waals surface area contributed by atoms with Gasteiger partial charge in [0.1, 0.15) is 4.60 Å². The average molecular weight is 285 g/mol. The van der Waals surface area contributed by atoms with Gasteiger partial charge in [0.2, 0.25) is 9.05 Å². The van der Waals surface area contributed by atoms with Gasteiger partial charge in [-0.3, -0.25) is 0 Å². The summed E-state index contributed by atoms with van der Waals surface area (Å²) in [4.78, 5) is 3.96. The molecule has 0 amide bonds. The van der Waals surface area contributed by atoms with Crippen molar-refractivity contribution in [2.45, 2.75) is 6.42 Å². The van der Waals surface area contributed by atoms with Crippen molar-refractivity contribution < 1.29 is 8.42 Å². The largest absolute Gasteiger partial charge is 0.249 e. The Labute approximate surface area is 89.7 Å². The standard InChI is InChI=1S/C7H7BrClNO2S/c8-7-2-1-6(5-10-7)3-4-13(9,11)12/h1-2,5H,3-4H2. The molecule has 0 unspecified atom stereocenters. The molecule has 1 aromatic rings. The summed E-state index contributed by atoms with van der Waals surface area (Å²) in [5, 5.41) is 0. The minimum atomic E-state index is -3.40. The first-order valence-corrected chi connectivity index (χ1v) is 6.77. The van der Waals surface area contributed by atoms with E-state index in [0.29, 0.717) is 6.42 Å². The molecule has 1 heterocycles. The lowest BCUT2D eigenvalue weighted by Gasteiger charge is -1.97. The Morgan fingerprint density at radius 1 is 1.46 bits per heavy atom. The number of hydrogen-bond donors (Lipinski definition) is 0. The predicted octanol–water partition coefficient (Wildman–Crippen LogP) is 1.96. The quantitative estimate of drug-likeness (QED) is 0.630. The first kappa shape index (κ1) is 10.9. The molecular weight excluding hydrogens is 278 g/mol. The fourth-order valence-corrected chi connectivity index (χ4v) is 1.74.